The van der Waals surface area contributed by atoms with Gasteiger partial charge in [-0.25, -0.2) is 0 Å². The van der Waals surface area contributed by atoms with E-state index in [1.165, 1.54) is 5.56 Å². The molecule has 17 heavy (non-hydrogen) atoms. The molecule has 0 aliphatic rings. The van der Waals surface area contributed by atoms with Crippen molar-refractivity contribution in [3.63, 3.8) is 0 Å². The zero-order valence-electron chi connectivity index (χ0n) is 11.5. The number of rotatable bonds is 6. The summed E-state index contributed by atoms with van der Waals surface area (Å²) in [7, 11) is 5.41. The maximum atomic E-state index is 5.43. The standard InChI is InChI=1S/C14H23NO2/c1-6-12(15-3)8-11-9-13(16-4)10(2)7-14(11)17-5/h7,9,12,15H,6,8H2,1-5H3. The SMILES string of the molecule is CCC(Cc1cc(OC)c(C)cc1OC)NC. The fourth-order valence-electron chi connectivity index (χ4n) is 1.99. The first kappa shape index (κ1) is 13.8. The van der Waals surface area contributed by atoms with E-state index in [2.05, 4.69) is 18.3 Å². The molecule has 1 atom stereocenters. The van der Waals surface area contributed by atoms with Crippen LogP contribution in [0.4, 0.5) is 0 Å². The van der Waals surface area contributed by atoms with Gasteiger partial charge >= 0.3 is 0 Å². The number of aryl methyl sites for hydroxylation is 1. The van der Waals surface area contributed by atoms with E-state index in [-0.39, 0.29) is 0 Å². The third-order valence-electron chi connectivity index (χ3n) is 3.17. The molecule has 1 N–H and O–H groups in total. The molecule has 0 radical (unpaired) electrons. The highest BCUT2D eigenvalue weighted by molar-refractivity contribution is 5.46. The minimum Gasteiger partial charge on any atom is -0.496 e. The molecule has 0 aliphatic heterocycles. The van der Waals surface area contributed by atoms with E-state index in [1.807, 2.05) is 20.0 Å². The zero-order valence-corrected chi connectivity index (χ0v) is 11.5. The molecule has 0 fully saturated rings. The lowest BCUT2D eigenvalue weighted by Crippen LogP contribution is -2.26. The van der Waals surface area contributed by atoms with E-state index >= 15 is 0 Å². The highest BCUT2D eigenvalue weighted by Gasteiger charge is 2.12. The summed E-state index contributed by atoms with van der Waals surface area (Å²) in [5, 5.41) is 3.31. The first-order valence-corrected chi connectivity index (χ1v) is 6.05. The molecule has 1 rings (SSSR count). The molecule has 0 aliphatic carbocycles. The van der Waals surface area contributed by atoms with Crippen LogP contribution in [0.25, 0.3) is 0 Å². The van der Waals surface area contributed by atoms with Crippen LogP contribution < -0.4 is 14.8 Å². The number of hydrogen-bond acceptors (Lipinski definition) is 3. The Morgan fingerprint density at radius 1 is 1.18 bits per heavy atom. The molecular formula is C14H23NO2. The van der Waals surface area contributed by atoms with Crippen molar-refractivity contribution in [3.8, 4) is 11.5 Å². The second-order valence-corrected chi connectivity index (χ2v) is 4.23. The van der Waals surface area contributed by atoms with Gasteiger partial charge in [0.2, 0.25) is 0 Å². The van der Waals surface area contributed by atoms with Gasteiger partial charge in [-0.15, -0.1) is 0 Å². The Bertz CT molecular complexity index is 359. The largest absolute Gasteiger partial charge is 0.496 e. The number of nitrogens with one attached hydrogen (secondary N) is 1. The van der Waals surface area contributed by atoms with Crippen molar-refractivity contribution >= 4 is 0 Å². The highest BCUT2D eigenvalue weighted by atomic mass is 16.5. The van der Waals surface area contributed by atoms with Crippen LogP contribution >= 0.6 is 0 Å². The predicted molar refractivity (Wildman–Crippen MR) is 71.1 cm³/mol. The van der Waals surface area contributed by atoms with Crippen molar-refractivity contribution in [1.82, 2.24) is 5.32 Å². The van der Waals surface area contributed by atoms with Crippen LogP contribution in [0, 0.1) is 6.92 Å². The van der Waals surface area contributed by atoms with Crippen LogP contribution in [0.3, 0.4) is 0 Å². The number of hydrogen-bond donors (Lipinski definition) is 1. The van der Waals surface area contributed by atoms with E-state index in [1.54, 1.807) is 14.2 Å². The molecule has 3 heteroatoms. The van der Waals surface area contributed by atoms with Crippen LogP contribution in [0.5, 0.6) is 11.5 Å². The van der Waals surface area contributed by atoms with E-state index in [0.717, 1.165) is 29.9 Å². The quantitative estimate of drug-likeness (QED) is 0.825. The number of likely N-dealkylation sites (N-methyl/N-ethyl adjacent to an activating group) is 1. The van der Waals surface area contributed by atoms with E-state index in [0.29, 0.717) is 6.04 Å². The van der Waals surface area contributed by atoms with Gasteiger partial charge in [-0.2, -0.15) is 0 Å². The fourth-order valence-corrected chi connectivity index (χ4v) is 1.99. The average Bonchev–Trinajstić information content (AvgIpc) is 2.36. The van der Waals surface area contributed by atoms with Gasteiger partial charge in [-0.1, -0.05) is 6.92 Å². The fraction of sp³-hybridized carbons (Fsp3) is 0.571. The summed E-state index contributed by atoms with van der Waals surface area (Å²) in [5.74, 6) is 1.86. The molecule has 1 unspecified atom stereocenters. The molecular weight excluding hydrogens is 214 g/mol. The molecule has 0 spiro atoms. The zero-order chi connectivity index (χ0) is 12.8. The molecule has 0 bridgehead atoms. The van der Waals surface area contributed by atoms with Crippen LogP contribution in [0.15, 0.2) is 12.1 Å². The predicted octanol–water partition coefficient (Wildman–Crippen LogP) is 2.55. The number of benzene rings is 1. The van der Waals surface area contributed by atoms with Gasteiger partial charge < -0.3 is 14.8 Å². The number of ether oxygens (including phenoxy) is 2. The molecule has 0 saturated heterocycles. The summed E-state index contributed by atoms with van der Waals surface area (Å²) >= 11 is 0. The van der Waals surface area contributed by atoms with Crippen LogP contribution in [0.1, 0.15) is 24.5 Å². The lowest BCUT2D eigenvalue weighted by molar-refractivity contribution is 0.393. The summed E-state index contributed by atoms with van der Waals surface area (Å²) in [6.45, 7) is 4.21. The van der Waals surface area contributed by atoms with Crippen molar-refractivity contribution < 1.29 is 9.47 Å². The van der Waals surface area contributed by atoms with Crippen LogP contribution in [-0.2, 0) is 6.42 Å². The molecule has 96 valence electrons. The minimum absolute atomic E-state index is 0.469. The van der Waals surface area contributed by atoms with Gasteiger partial charge in [-0.05, 0) is 50.1 Å². The monoisotopic (exact) mass is 237 g/mol. The number of methoxy groups -OCH3 is 2. The molecule has 3 nitrogen and oxygen atoms in total. The van der Waals surface area contributed by atoms with Gasteiger partial charge in [0.15, 0.2) is 0 Å². The van der Waals surface area contributed by atoms with Crippen molar-refractivity contribution in [2.45, 2.75) is 32.7 Å². The van der Waals surface area contributed by atoms with Gasteiger partial charge in [0.05, 0.1) is 14.2 Å². The van der Waals surface area contributed by atoms with E-state index in [4.69, 9.17) is 9.47 Å². The average molecular weight is 237 g/mol. The Labute approximate surface area is 104 Å². The van der Waals surface area contributed by atoms with Crippen LogP contribution in [-0.4, -0.2) is 27.3 Å². The topological polar surface area (TPSA) is 30.5 Å². The summed E-state index contributed by atoms with van der Waals surface area (Å²) in [5.41, 5.74) is 2.29. The lowest BCUT2D eigenvalue weighted by Gasteiger charge is -2.18. The van der Waals surface area contributed by atoms with Crippen molar-refractivity contribution in [3.05, 3.63) is 23.3 Å². The van der Waals surface area contributed by atoms with E-state index in [9.17, 15) is 0 Å². The maximum absolute atomic E-state index is 5.43. The summed E-state index contributed by atoms with van der Waals surface area (Å²) in [6, 6.07) is 4.58. The molecule has 1 aromatic carbocycles. The maximum Gasteiger partial charge on any atom is 0.122 e. The Hall–Kier alpha value is -1.22. The first-order valence-electron chi connectivity index (χ1n) is 6.05. The third kappa shape index (κ3) is 3.37. The van der Waals surface area contributed by atoms with Crippen molar-refractivity contribution in [2.24, 2.45) is 0 Å². The van der Waals surface area contributed by atoms with Crippen molar-refractivity contribution in [1.29, 1.82) is 0 Å². The summed E-state index contributed by atoms with van der Waals surface area (Å²) in [6.07, 6.45) is 2.04. The Balaban J connectivity index is 3.03. The lowest BCUT2D eigenvalue weighted by atomic mass is 10.0. The summed E-state index contributed by atoms with van der Waals surface area (Å²) < 4.78 is 10.8. The third-order valence-corrected chi connectivity index (χ3v) is 3.17. The van der Waals surface area contributed by atoms with Gasteiger partial charge in [0, 0.05) is 6.04 Å². The first-order chi connectivity index (χ1) is 8.15. The molecule has 0 aromatic heterocycles. The molecule has 1 aromatic rings. The molecule has 0 amide bonds. The van der Waals surface area contributed by atoms with Gasteiger partial charge in [0.25, 0.3) is 0 Å². The van der Waals surface area contributed by atoms with Gasteiger partial charge in [0.1, 0.15) is 11.5 Å². The highest BCUT2D eigenvalue weighted by Crippen LogP contribution is 2.29. The normalized spacial score (nSPS) is 12.3. The van der Waals surface area contributed by atoms with E-state index < -0.39 is 0 Å². The molecule has 0 heterocycles. The van der Waals surface area contributed by atoms with Gasteiger partial charge in [-0.3, -0.25) is 0 Å². The summed E-state index contributed by atoms with van der Waals surface area (Å²) in [4.78, 5) is 0. The van der Waals surface area contributed by atoms with Crippen molar-refractivity contribution in [2.75, 3.05) is 21.3 Å². The van der Waals surface area contributed by atoms with Crippen LogP contribution in [0.2, 0.25) is 0 Å². The second kappa shape index (κ2) is 6.50. The Morgan fingerprint density at radius 2 is 1.82 bits per heavy atom. The minimum atomic E-state index is 0.469. The smallest absolute Gasteiger partial charge is 0.122 e. The Kier molecular flexibility index (Phi) is 5.29. The molecule has 0 saturated carbocycles. The Morgan fingerprint density at radius 3 is 2.29 bits per heavy atom. The second-order valence-electron chi connectivity index (χ2n) is 4.23.